The molecule has 0 amide bonds. The molecule has 0 fully saturated rings. The summed E-state index contributed by atoms with van der Waals surface area (Å²) in [6, 6.07) is 11.8. The van der Waals surface area contributed by atoms with Crippen molar-refractivity contribution in [3.63, 3.8) is 0 Å². The van der Waals surface area contributed by atoms with Gasteiger partial charge < -0.3 is 5.32 Å². The number of hydrogen-bond acceptors (Lipinski definition) is 3. The molecule has 0 aliphatic rings. The SMILES string of the molecule is Cn1ccc(CNCc2ccccc2C#N)n1. The third-order valence-electron chi connectivity index (χ3n) is 2.53. The molecule has 0 saturated carbocycles. The Bertz CT molecular complexity index is 536. The first-order valence-corrected chi connectivity index (χ1v) is 5.47. The minimum Gasteiger partial charge on any atom is -0.307 e. The zero-order chi connectivity index (χ0) is 12.1. The molecule has 0 atom stereocenters. The monoisotopic (exact) mass is 226 g/mol. The standard InChI is InChI=1S/C13H14N4/c1-17-7-6-13(16-17)10-15-9-12-5-3-2-4-11(12)8-14/h2-7,15H,9-10H2,1H3. The Balaban J connectivity index is 1.92. The van der Waals surface area contributed by atoms with Crippen molar-refractivity contribution in [2.45, 2.75) is 13.1 Å². The molecule has 4 heteroatoms. The van der Waals surface area contributed by atoms with Crippen LogP contribution in [0, 0.1) is 11.3 Å². The Hall–Kier alpha value is -2.12. The summed E-state index contributed by atoms with van der Waals surface area (Å²) in [6.45, 7) is 1.39. The van der Waals surface area contributed by atoms with Gasteiger partial charge in [-0.2, -0.15) is 10.4 Å². The van der Waals surface area contributed by atoms with Crippen LogP contribution in [-0.4, -0.2) is 9.78 Å². The van der Waals surface area contributed by atoms with E-state index in [0.717, 1.165) is 16.8 Å². The molecular formula is C13H14N4. The largest absolute Gasteiger partial charge is 0.307 e. The van der Waals surface area contributed by atoms with Crippen molar-refractivity contribution in [2.75, 3.05) is 0 Å². The van der Waals surface area contributed by atoms with Crippen molar-refractivity contribution in [1.29, 1.82) is 5.26 Å². The summed E-state index contributed by atoms with van der Waals surface area (Å²) in [5.41, 5.74) is 2.74. The lowest BCUT2D eigenvalue weighted by atomic mass is 10.1. The Labute approximate surface area is 100 Å². The molecule has 17 heavy (non-hydrogen) atoms. The second-order valence-corrected chi connectivity index (χ2v) is 3.85. The lowest BCUT2D eigenvalue weighted by Gasteiger charge is -2.04. The molecular weight excluding hydrogens is 212 g/mol. The quantitative estimate of drug-likeness (QED) is 0.861. The summed E-state index contributed by atoms with van der Waals surface area (Å²) in [5, 5.41) is 16.5. The van der Waals surface area contributed by atoms with E-state index in [1.165, 1.54) is 0 Å². The number of nitriles is 1. The van der Waals surface area contributed by atoms with Crippen molar-refractivity contribution in [2.24, 2.45) is 7.05 Å². The van der Waals surface area contributed by atoms with Gasteiger partial charge in [0.2, 0.25) is 0 Å². The fourth-order valence-electron chi connectivity index (χ4n) is 1.67. The highest BCUT2D eigenvalue weighted by atomic mass is 15.3. The van der Waals surface area contributed by atoms with Gasteiger partial charge in [-0.1, -0.05) is 18.2 Å². The average molecular weight is 226 g/mol. The molecule has 1 N–H and O–H groups in total. The first-order chi connectivity index (χ1) is 8.29. The van der Waals surface area contributed by atoms with Crippen LogP contribution in [-0.2, 0) is 20.1 Å². The molecule has 0 spiro atoms. The summed E-state index contributed by atoms with van der Waals surface area (Å²) in [5.74, 6) is 0. The Morgan fingerprint density at radius 2 is 2.12 bits per heavy atom. The number of benzene rings is 1. The first-order valence-electron chi connectivity index (χ1n) is 5.47. The van der Waals surface area contributed by atoms with E-state index in [0.29, 0.717) is 13.1 Å². The lowest BCUT2D eigenvalue weighted by molar-refractivity contribution is 0.656. The van der Waals surface area contributed by atoms with E-state index in [1.54, 1.807) is 4.68 Å². The number of hydrogen-bond donors (Lipinski definition) is 1. The number of nitrogens with zero attached hydrogens (tertiary/aromatic N) is 3. The van der Waals surface area contributed by atoms with E-state index in [9.17, 15) is 0 Å². The van der Waals surface area contributed by atoms with Gasteiger partial charge in [0.25, 0.3) is 0 Å². The van der Waals surface area contributed by atoms with Crippen LogP contribution in [0.25, 0.3) is 0 Å². The van der Waals surface area contributed by atoms with Gasteiger partial charge in [-0.3, -0.25) is 4.68 Å². The highest BCUT2D eigenvalue weighted by Crippen LogP contribution is 2.06. The molecule has 0 aliphatic heterocycles. The van der Waals surface area contributed by atoms with Gasteiger partial charge in [-0.15, -0.1) is 0 Å². The summed E-state index contributed by atoms with van der Waals surface area (Å²) in [7, 11) is 1.90. The van der Waals surface area contributed by atoms with Crippen molar-refractivity contribution >= 4 is 0 Å². The maximum absolute atomic E-state index is 8.94. The van der Waals surface area contributed by atoms with Crippen LogP contribution in [0.1, 0.15) is 16.8 Å². The molecule has 1 heterocycles. The van der Waals surface area contributed by atoms with Gasteiger partial charge in [-0.05, 0) is 17.7 Å². The highest BCUT2D eigenvalue weighted by molar-refractivity contribution is 5.37. The summed E-state index contributed by atoms with van der Waals surface area (Å²) >= 11 is 0. The summed E-state index contributed by atoms with van der Waals surface area (Å²) in [4.78, 5) is 0. The third kappa shape index (κ3) is 2.92. The van der Waals surface area contributed by atoms with Crippen LogP contribution < -0.4 is 5.32 Å². The van der Waals surface area contributed by atoms with Gasteiger partial charge >= 0.3 is 0 Å². The average Bonchev–Trinajstić information content (AvgIpc) is 2.76. The second-order valence-electron chi connectivity index (χ2n) is 3.85. The molecule has 0 radical (unpaired) electrons. The highest BCUT2D eigenvalue weighted by Gasteiger charge is 2.01. The predicted molar refractivity (Wildman–Crippen MR) is 64.9 cm³/mol. The predicted octanol–water partition coefficient (Wildman–Crippen LogP) is 1.58. The molecule has 0 unspecified atom stereocenters. The van der Waals surface area contributed by atoms with Gasteiger partial charge in [0.05, 0.1) is 17.3 Å². The van der Waals surface area contributed by atoms with Crippen LogP contribution in [0.5, 0.6) is 0 Å². The molecule has 2 aromatic rings. The smallest absolute Gasteiger partial charge is 0.0995 e. The number of rotatable bonds is 4. The third-order valence-corrected chi connectivity index (χ3v) is 2.53. The van der Waals surface area contributed by atoms with Crippen LogP contribution in [0.2, 0.25) is 0 Å². The van der Waals surface area contributed by atoms with E-state index in [4.69, 9.17) is 5.26 Å². The second kappa shape index (κ2) is 5.28. The maximum atomic E-state index is 8.94. The van der Waals surface area contributed by atoms with E-state index in [1.807, 2.05) is 43.6 Å². The molecule has 2 rings (SSSR count). The lowest BCUT2D eigenvalue weighted by Crippen LogP contribution is -2.14. The molecule has 4 nitrogen and oxygen atoms in total. The Morgan fingerprint density at radius 1 is 1.29 bits per heavy atom. The van der Waals surface area contributed by atoms with E-state index >= 15 is 0 Å². The van der Waals surface area contributed by atoms with Crippen molar-refractivity contribution in [1.82, 2.24) is 15.1 Å². The molecule has 1 aromatic heterocycles. The first kappa shape index (κ1) is 11.4. The molecule has 0 saturated heterocycles. The Kier molecular flexibility index (Phi) is 3.53. The van der Waals surface area contributed by atoms with Crippen molar-refractivity contribution in [3.05, 3.63) is 53.3 Å². The van der Waals surface area contributed by atoms with Crippen LogP contribution in [0.4, 0.5) is 0 Å². The minimum absolute atomic E-state index is 0.681. The molecule has 0 bridgehead atoms. The number of nitrogens with one attached hydrogen (secondary N) is 1. The van der Waals surface area contributed by atoms with E-state index in [2.05, 4.69) is 16.5 Å². The normalized spacial score (nSPS) is 10.1. The number of aryl methyl sites for hydroxylation is 1. The van der Waals surface area contributed by atoms with Gasteiger partial charge in [0.1, 0.15) is 0 Å². The van der Waals surface area contributed by atoms with Crippen molar-refractivity contribution < 1.29 is 0 Å². The fourth-order valence-corrected chi connectivity index (χ4v) is 1.67. The number of aromatic nitrogens is 2. The van der Waals surface area contributed by atoms with Crippen molar-refractivity contribution in [3.8, 4) is 6.07 Å². The van der Waals surface area contributed by atoms with E-state index < -0.39 is 0 Å². The Morgan fingerprint density at radius 3 is 2.82 bits per heavy atom. The summed E-state index contributed by atoms with van der Waals surface area (Å²) in [6.07, 6.45) is 1.92. The molecule has 1 aromatic carbocycles. The van der Waals surface area contributed by atoms with Crippen LogP contribution in [0.3, 0.4) is 0 Å². The molecule has 0 aliphatic carbocycles. The zero-order valence-corrected chi connectivity index (χ0v) is 9.72. The zero-order valence-electron chi connectivity index (χ0n) is 9.72. The maximum Gasteiger partial charge on any atom is 0.0995 e. The van der Waals surface area contributed by atoms with Gasteiger partial charge in [-0.25, -0.2) is 0 Å². The summed E-state index contributed by atoms with van der Waals surface area (Å²) < 4.78 is 1.78. The van der Waals surface area contributed by atoms with Crippen LogP contribution in [0.15, 0.2) is 36.5 Å². The van der Waals surface area contributed by atoms with Crippen LogP contribution >= 0.6 is 0 Å². The van der Waals surface area contributed by atoms with E-state index in [-0.39, 0.29) is 0 Å². The van der Waals surface area contributed by atoms with Gasteiger partial charge in [0, 0.05) is 26.3 Å². The molecule has 86 valence electrons. The van der Waals surface area contributed by atoms with Gasteiger partial charge in [0.15, 0.2) is 0 Å². The minimum atomic E-state index is 0.681. The topological polar surface area (TPSA) is 53.6 Å². The fraction of sp³-hybridized carbons (Fsp3) is 0.231.